The standard InChI is InChI=1S/C11H23NO/c1-9(2)13-10(3)11(4)7-6-8-12(11)5/h9-10H,6-8H2,1-5H3/t10?,11-/m0/s1. The second kappa shape index (κ2) is 3.97. The van der Waals surface area contributed by atoms with Gasteiger partial charge in [0.1, 0.15) is 0 Å². The topological polar surface area (TPSA) is 12.5 Å². The normalized spacial score (nSPS) is 32.8. The molecule has 1 saturated heterocycles. The van der Waals surface area contributed by atoms with Gasteiger partial charge in [0.15, 0.2) is 0 Å². The highest BCUT2D eigenvalue weighted by Crippen LogP contribution is 2.32. The molecule has 0 saturated carbocycles. The summed E-state index contributed by atoms with van der Waals surface area (Å²) in [5.41, 5.74) is 0.254. The lowest BCUT2D eigenvalue weighted by atomic mass is 9.93. The summed E-state index contributed by atoms with van der Waals surface area (Å²) < 4.78 is 5.87. The molecule has 0 bridgehead atoms. The molecule has 2 nitrogen and oxygen atoms in total. The van der Waals surface area contributed by atoms with Crippen LogP contribution in [0.3, 0.4) is 0 Å². The lowest BCUT2D eigenvalue weighted by Gasteiger charge is -2.38. The van der Waals surface area contributed by atoms with Gasteiger partial charge in [0.25, 0.3) is 0 Å². The second-order valence-electron chi connectivity index (χ2n) is 4.71. The Labute approximate surface area is 82.3 Å². The van der Waals surface area contributed by atoms with Crippen LogP contribution in [0.2, 0.25) is 0 Å². The number of hydrogen-bond donors (Lipinski definition) is 0. The molecule has 0 amide bonds. The number of rotatable bonds is 3. The molecule has 0 aromatic rings. The van der Waals surface area contributed by atoms with E-state index in [2.05, 4.69) is 39.6 Å². The van der Waals surface area contributed by atoms with Gasteiger partial charge in [-0.05, 0) is 54.1 Å². The SMILES string of the molecule is CC(C)OC(C)[C@]1(C)CCCN1C. The Morgan fingerprint density at radius 3 is 2.31 bits per heavy atom. The molecule has 1 unspecified atom stereocenters. The van der Waals surface area contributed by atoms with Crippen LogP contribution in [0.1, 0.15) is 40.5 Å². The molecular formula is C11H23NO. The number of hydrogen-bond acceptors (Lipinski definition) is 2. The zero-order chi connectivity index (χ0) is 10.1. The second-order valence-corrected chi connectivity index (χ2v) is 4.71. The van der Waals surface area contributed by atoms with Gasteiger partial charge >= 0.3 is 0 Å². The van der Waals surface area contributed by atoms with Crippen molar-refractivity contribution < 1.29 is 4.74 Å². The smallest absolute Gasteiger partial charge is 0.0731 e. The molecular weight excluding hydrogens is 162 g/mol. The minimum atomic E-state index is 0.254. The Bertz CT molecular complexity index is 169. The van der Waals surface area contributed by atoms with Crippen molar-refractivity contribution >= 4 is 0 Å². The fourth-order valence-electron chi connectivity index (χ4n) is 2.19. The van der Waals surface area contributed by atoms with Gasteiger partial charge < -0.3 is 4.74 Å². The van der Waals surface area contributed by atoms with Gasteiger partial charge in [-0.3, -0.25) is 4.90 Å². The van der Waals surface area contributed by atoms with Crippen LogP contribution < -0.4 is 0 Å². The molecule has 0 N–H and O–H groups in total. The average molecular weight is 185 g/mol. The van der Waals surface area contributed by atoms with Gasteiger partial charge in [-0.2, -0.15) is 0 Å². The first-order valence-corrected chi connectivity index (χ1v) is 5.33. The van der Waals surface area contributed by atoms with E-state index < -0.39 is 0 Å². The third-order valence-electron chi connectivity index (χ3n) is 3.40. The van der Waals surface area contributed by atoms with E-state index in [1.807, 2.05) is 0 Å². The first-order valence-electron chi connectivity index (χ1n) is 5.33. The molecule has 2 atom stereocenters. The summed E-state index contributed by atoms with van der Waals surface area (Å²) in [5, 5.41) is 0. The highest BCUT2D eigenvalue weighted by molar-refractivity contribution is 4.95. The van der Waals surface area contributed by atoms with Gasteiger partial charge in [-0.25, -0.2) is 0 Å². The zero-order valence-corrected chi connectivity index (χ0v) is 9.63. The van der Waals surface area contributed by atoms with Gasteiger partial charge in [0, 0.05) is 5.54 Å². The van der Waals surface area contributed by atoms with E-state index in [4.69, 9.17) is 4.74 Å². The molecule has 0 aromatic carbocycles. The predicted octanol–water partition coefficient (Wildman–Crippen LogP) is 2.28. The molecule has 1 aliphatic rings. The van der Waals surface area contributed by atoms with Crippen LogP contribution in [0, 0.1) is 0 Å². The molecule has 0 aliphatic carbocycles. The summed E-state index contributed by atoms with van der Waals surface area (Å²) in [6, 6.07) is 0. The van der Waals surface area contributed by atoms with Crippen LogP contribution in [0.4, 0.5) is 0 Å². The lowest BCUT2D eigenvalue weighted by molar-refractivity contribution is -0.0593. The summed E-state index contributed by atoms with van der Waals surface area (Å²) in [7, 11) is 2.20. The number of ether oxygens (including phenoxy) is 1. The van der Waals surface area contributed by atoms with E-state index in [9.17, 15) is 0 Å². The first kappa shape index (κ1) is 11.0. The van der Waals surface area contributed by atoms with E-state index in [0.29, 0.717) is 12.2 Å². The van der Waals surface area contributed by atoms with Crippen LogP contribution in [-0.2, 0) is 4.74 Å². The van der Waals surface area contributed by atoms with E-state index in [1.165, 1.54) is 19.4 Å². The van der Waals surface area contributed by atoms with Crippen LogP contribution >= 0.6 is 0 Å². The van der Waals surface area contributed by atoms with Crippen molar-refractivity contribution in [3.05, 3.63) is 0 Å². The maximum absolute atomic E-state index is 5.87. The molecule has 1 fully saturated rings. The Hall–Kier alpha value is -0.0800. The molecule has 0 aromatic heterocycles. The van der Waals surface area contributed by atoms with Crippen molar-refractivity contribution in [3.8, 4) is 0 Å². The fraction of sp³-hybridized carbons (Fsp3) is 1.00. The minimum absolute atomic E-state index is 0.254. The minimum Gasteiger partial charge on any atom is -0.374 e. The molecule has 0 spiro atoms. The maximum Gasteiger partial charge on any atom is 0.0731 e. The average Bonchev–Trinajstić information content (AvgIpc) is 2.32. The van der Waals surface area contributed by atoms with Crippen LogP contribution in [0.5, 0.6) is 0 Å². The van der Waals surface area contributed by atoms with Gasteiger partial charge in [0.05, 0.1) is 12.2 Å². The van der Waals surface area contributed by atoms with E-state index in [-0.39, 0.29) is 5.54 Å². The highest BCUT2D eigenvalue weighted by Gasteiger charge is 2.39. The van der Waals surface area contributed by atoms with Crippen LogP contribution in [0.25, 0.3) is 0 Å². The largest absolute Gasteiger partial charge is 0.374 e. The molecule has 1 aliphatic heterocycles. The van der Waals surface area contributed by atoms with E-state index in [1.54, 1.807) is 0 Å². The van der Waals surface area contributed by atoms with Crippen LogP contribution in [0.15, 0.2) is 0 Å². The Kier molecular flexibility index (Phi) is 3.36. The zero-order valence-electron chi connectivity index (χ0n) is 9.63. The summed E-state index contributed by atoms with van der Waals surface area (Å²) in [6.45, 7) is 9.93. The van der Waals surface area contributed by atoms with Crippen molar-refractivity contribution in [2.75, 3.05) is 13.6 Å². The fourth-order valence-corrected chi connectivity index (χ4v) is 2.19. The molecule has 2 heteroatoms. The summed E-state index contributed by atoms with van der Waals surface area (Å²) in [4.78, 5) is 2.43. The van der Waals surface area contributed by atoms with Crippen molar-refractivity contribution in [1.29, 1.82) is 0 Å². The number of nitrogens with zero attached hydrogens (tertiary/aromatic N) is 1. The van der Waals surface area contributed by atoms with Crippen molar-refractivity contribution in [2.45, 2.75) is 58.3 Å². The number of likely N-dealkylation sites (N-methyl/N-ethyl adjacent to an activating group) is 1. The predicted molar refractivity (Wildman–Crippen MR) is 56.0 cm³/mol. The summed E-state index contributed by atoms with van der Waals surface area (Å²) in [5.74, 6) is 0. The molecule has 0 radical (unpaired) electrons. The molecule has 1 heterocycles. The lowest BCUT2D eigenvalue weighted by Crippen LogP contribution is -2.49. The van der Waals surface area contributed by atoms with Gasteiger partial charge in [0.2, 0.25) is 0 Å². The summed E-state index contributed by atoms with van der Waals surface area (Å²) in [6.07, 6.45) is 3.23. The Morgan fingerprint density at radius 2 is 1.92 bits per heavy atom. The quantitative estimate of drug-likeness (QED) is 0.669. The molecule has 13 heavy (non-hydrogen) atoms. The Balaban J connectivity index is 2.57. The van der Waals surface area contributed by atoms with Crippen molar-refractivity contribution in [1.82, 2.24) is 4.90 Å². The monoisotopic (exact) mass is 185 g/mol. The van der Waals surface area contributed by atoms with Gasteiger partial charge in [-0.15, -0.1) is 0 Å². The van der Waals surface area contributed by atoms with E-state index >= 15 is 0 Å². The maximum atomic E-state index is 5.87. The molecule has 78 valence electrons. The Morgan fingerprint density at radius 1 is 1.31 bits per heavy atom. The summed E-state index contributed by atoms with van der Waals surface area (Å²) >= 11 is 0. The highest BCUT2D eigenvalue weighted by atomic mass is 16.5. The van der Waals surface area contributed by atoms with Crippen molar-refractivity contribution in [2.24, 2.45) is 0 Å². The first-order chi connectivity index (χ1) is 5.97. The number of likely N-dealkylation sites (tertiary alicyclic amines) is 1. The third kappa shape index (κ3) is 2.23. The van der Waals surface area contributed by atoms with Crippen LogP contribution in [-0.4, -0.2) is 36.2 Å². The third-order valence-corrected chi connectivity index (χ3v) is 3.40. The van der Waals surface area contributed by atoms with E-state index in [0.717, 1.165) is 0 Å². The van der Waals surface area contributed by atoms with Gasteiger partial charge in [-0.1, -0.05) is 0 Å². The molecule has 1 rings (SSSR count). The van der Waals surface area contributed by atoms with Crippen molar-refractivity contribution in [3.63, 3.8) is 0 Å².